The maximum Gasteiger partial charge on any atom is 0.267 e. The molecule has 0 aliphatic heterocycles. The Morgan fingerprint density at radius 3 is 2.87 bits per heavy atom. The fraction of sp³-hybridized carbons (Fsp3) is 0.250. The van der Waals surface area contributed by atoms with Crippen molar-refractivity contribution in [1.29, 1.82) is 0 Å². The molecule has 0 saturated heterocycles. The van der Waals surface area contributed by atoms with Crippen LogP contribution in [0.2, 0.25) is 0 Å². The fourth-order valence-corrected chi connectivity index (χ4v) is 2.31. The van der Waals surface area contributed by atoms with Crippen LogP contribution in [-0.4, -0.2) is 26.3 Å². The summed E-state index contributed by atoms with van der Waals surface area (Å²) in [5.74, 6) is -0.283. The Hall–Kier alpha value is -2.96. The highest BCUT2D eigenvalue weighted by molar-refractivity contribution is 6.00. The van der Waals surface area contributed by atoms with Gasteiger partial charge in [0.2, 0.25) is 0 Å². The Bertz CT molecular complexity index is 964. The van der Waals surface area contributed by atoms with E-state index in [1.54, 1.807) is 24.4 Å². The minimum Gasteiger partial charge on any atom is -0.367 e. The van der Waals surface area contributed by atoms with Gasteiger partial charge >= 0.3 is 0 Å². The van der Waals surface area contributed by atoms with Gasteiger partial charge in [-0.1, -0.05) is 13.0 Å². The van der Waals surface area contributed by atoms with E-state index in [2.05, 4.69) is 15.3 Å². The summed E-state index contributed by atoms with van der Waals surface area (Å²) in [4.78, 5) is 33.0. The monoisotopic (exact) mass is 311 g/mol. The number of anilines is 1. The van der Waals surface area contributed by atoms with Gasteiger partial charge in [-0.2, -0.15) is 0 Å². The fourth-order valence-electron chi connectivity index (χ4n) is 2.31. The average Bonchev–Trinajstić information content (AvgIpc) is 2.54. The summed E-state index contributed by atoms with van der Waals surface area (Å²) in [6.07, 6.45) is 2.48. The molecule has 3 aromatic rings. The Morgan fingerprint density at radius 2 is 2.17 bits per heavy atom. The molecular weight excluding hydrogens is 294 g/mol. The summed E-state index contributed by atoms with van der Waals surface area (Å²) in [5.41, 5.74) is 6.13. The zero-order valence-corrected chi connectivity index (χ0v) is 12.9. The Morgan fingerprint density at radius 1 is 1.39 bits per heavy atom. The van der Waals surface area contributed by atoms with E-state index in [0.29, 0.717) is 11.5 Å². The molecule has 3 aromatic heterocycles. The number of nitrogens with two attached hydrogens (primary N) is 1. The predicted molar refractivity (Wildman–Crippen MR) is 88.7 cm³/mol. The molecule has 3 rings (SSSR count). The quantitative estimate of drug-likeness (QED) is 0.712. The molecule has 7 nitrogen and oxygen atoms in total. The van der Waals surface area contributed by atoms with Gasteiger partial charge in [-0.15, -0.1) is 0 Å². The Labute approximate surface area is 132 Å². The number of pyridine rings is 2. The van der Waals surface area contributed by atoms with Gasteiger partial charge in [-0.25, -0.2) is 9.97 Å². The Kier molecular flexibility index (Phi) is 3.69. The number of amides is 1. The van der Waals surface area contributed by atoms with Crippen LogP contribution in [0.1, 0.15) is 30.6 Å². The minimum atomic E-state index is -0.636. The molecule has 3 heterocycles. The van der Waals surface area contributed by atoms with Crippen molar-refractivity contribution in [2.75, 3.05) is 5.32 Å². The lowest BCUT2D eigenvalue weighted by molar-refractivity contribution is 0.100. The molecule has 0 aliphatic carbocycles. The summed E-state index contributed by atoms with van der Waals surface area (Å²) in [6.45, 7) is 3.99. The van der Waals surface area contributed by atoms with E-state index in [1.807, 2.05) is 13.8 Å². The number of hydrogen-bond acceptors (Lipinski definition) is 5. The van der Waals surface area contributed by atoms with Crippen LogP contribution < -0.4 is 16.6 Å². The van der Waals surface area contributed by atoms with Gasteiger partial charge < -0.3 is 11.1 Å². The van der Waals surface area contributed by atoms with E-state index in [4.69, 9.17) is 5.73 Å². The lowest BCUT2D eigenvalue weighted by Crippen LogP contribution is -2.22. The molecule has 0 aliphatic rings. The predicted octanol–water partition coefficient (Wildman–Crippen LogP) is 1.55. The largest absolute Gasteiger partial charge is 0.367 e. The second kappa shape index (κ2) is 5.68. The highest BCUT2D eigenvalue weighted by atomic mass is 16.1. The van der Waals surface area contributed by atoms with Crippen LogP contribution in [0.5, 0.6) is 0 Å². The van der Waals surface area contributed by atoms with E-state index >= 15 is 0 Å². The molecule has 0 saturated carbocycles. The zero-order valence-electron chi connectivity index (χ0n) is 12.9. The topological polar surface area (TPSA) is 102 Å². The van der Waals surface area contributed by atoms with Crippen molar-refractivity contribution in [3.05, 3.63) is 46.4 Å². The van der Waals surface area contributed by atoms with Crippen molar-refractivity contribution in [1.82, 2.24) is 14.4 Å². The van der Waals surface area contributed by atoms with E-state index < -0.39 is 5.91 Å². The van der Waals surface area contributed by atoms with Crippen molar-refractivity contribution < 1.29 is 4.79 Å². The second-order valence-corrected chi connectivity index (χ2v) is 5.42. The lowest BCUT2D eigenvalue weighted by atomic mass is 10.1. The summed E-state index contributed by atoms with van der Waals surface area (Å²) in [5, 5.41) is 3.40. The van der Waals surface area contributed by atoms with Gasteiger partial charge in [0.1, 0.15) is 11.5 Å². The lowest BCUT2D eigenvalue weighted by Gasteiger charge is -2.15. The van der Waals surface area contributed by atoms with Gasteiger partial charge in [0.25, 0.3) is 11.5 Å². The molecule has 23 heavy (non-hydrogen) atoms. The summed E-state index contributed by atoms with van der Waals surface area (Å²) >= 11 is 0. The van der Waals surface area contributed by atoms with Gasteiger partial charge in [0.05, 0.1) is 10.9 Å². The summed E-state index contributed by atoms with van der Waals surface area (Å²) in [6, 6.07) is 6.84. The normalized spacial score (nSPS) is 12.4. The molecule has 7 heteroatoms. The number of carbonyl (C=O) groups is 1. The minimum absolute atomic E-state index is 0.111. The van der Waals surface area contributed by atoms with Crippen LogP contribution in [0.3, 0.4) is 0 Å². The first-order chi connectivity index (χ1) is 11.0. The third-order valence-corrected chi connectivity index (χ3v) is 3.77. The van der Waals surface area contributed by atoms with Crippen LogP contribution in [-0.2, 0) is 0 Å². The summed E-state index contributed by atoms with van der Waals surface area (Å²) < 4.78 is 1.41. The SMILES string of the molecule is CC[C@H](C)Nc1nc2nc3ccccn3c(=O)c2cc1C(N)=O. The molecule has 3 N–H and O–H groups in total. The summed E-state index contributed by atoms with van der Waals surface area (Å²) in [7, 11) is 0. The van der Waals surface area contributed by atoms with Crippen LogP contribution in [0, 0.1) is 0 Å². The number of nitrogens with zero attached hydrogens (tertiary/aromatic N) is 3. The van der Waals surface area contributed by atoms with Gasteiger partial charge in [0, 0.05) is 12.2 Å². The zero-order chi connectivity index (χ0) is 16.6. The number of aromatic nitrogens is 3. The number of primary amides is 1. The maximum absolute atomic E-state index is 12.6. The van der Waals surface area contributed by atoms with Gasteiger partial charge in [-0.3, -0.25) is 14.0 Å². The van der Waals surface area contributed by atoms with Crippen molar-refractivity contribution in [3.63, 3.8) is 0 Å². The van der Waals surface area contributed by atoms with Crippen molar-refractivity contribution >= 4 is 28.4 Å². The number of carbonyl (C=O) groups excluding carboxylic acids is 1. The highest BCUT2D eigenvalue weighted by Gasteiger charge is 2.16. The number of rotatable bonds is 4. The first kappa shape index (κ1) is 15.0. The van der Waals surface area contributed by atoms with Crippen molar-refractivity contribution in [3.8, 4) is 0 Å². The third kappa shape index (κ3) is 2.61. The van der Waals surface area contributed by atoms with E-state index in [0.717, 1.165) is 6.42 Å². The average molecular weight is 311 g/mol. The molecule has 0 fully saturated rings. The second-order valence-electron chi connectivity index (χ2n) is 5.42. The molecule has 0 unspecified atom stereocenters. The number of hydrogen-bond donors (Lipinski definition) is 2. The molecular formula is C16H17N5O2. The maximum atomic E-state index is 12.6. The highest BCUT2D eigenvalue weighted by Crippen LogP contribution is 2.19. The van der Waals surface area contributed by atoms with Crippen LogP contribution in [0.25, 0.3) is 16.7 Å². The van der Waals surface area contributed by atoms with Crippen molar-refractivity contribution in [2.24, 2.45) is 5.73 Å². The van der Waals surface area contributed by atoms with Crippen LogP contribution >= 0.6 is 0 Å². The first-order valence-electron chi connectivity index (χ1n) is 7.39. The van der Waals surface area contributed by atoms with E-state index in [-0.39, 0.29) is 28.2 Å². The third-order valence-electron chi connectivity index (χ3n) is 3.77. The number of fused-ring (bicyclic) bond motifs is 2. The molecule has 0 spiro atoms. The van der Waals surface area contributed by atoms with Gasteiger partial charge in [0.15, 0.2) is 5.65 Å². The smallest absolute Gasteiger partial charge is 0.267 e. The first-order valence-corrected chi connectivity index (χ1v) is 7.39. The molecule has 1 atom stereocenters. The molecule has 0 aromatic carbocycles. The van der Waals surface area contributed by atoms with E-state index in [9.17, 15) is 9.59 Å². The molecule has 1 amide bonds. The number of nitrogens with one attached hydrogen (secondary N) is 1. The molecule has 0 bridgehead atoms. The Balaban J connectivity index is 2.33. The van der Waals surface area contributed by atoms with E-state index in [1.165, 1.54) is 10.5 Å². The van der Waals surface area contributed by atoms with Crippen LogP contribution in [0.15, 0.2) is 35.3 Å². The van der Waals surface area contributed by atoms with Gasteiger partial charge in [-0.05, 0) is 31.5 Å². The van der Waals surface area contributed by atoms with Crippen LogP contribution in [0.4, 0.5) is 5.82 Å². The molecule has 0 radical (unpaired) electrons. The van der Waals surface area contributed by atoms with Crippen molar-refractivity contribution in [2.45, 2.75) is 26.3 Å². The standard InChI is InChI=1S/C16H17N5O2/c1-3-9(2)18-14-10(13(17)22)8-11-15(20-14)19-12-6-4-5-7-21(12)16(11)23/h4-9H,3H2,1-2H3,(H2,17,22)(H,18,20)/t9-/m0/s1. The molecule has 118 valence electrons.